The number of carbonyl (C=O) groups is 1. The highest BCUT2D eigenvalue weighted by molar-refractivity contribution is 7.16. The number of aryl methyl sites for hydroxylation is 1. The molecule has 3 aromatic rings. The molecular weight excluding hydrogens is 274 g/mol. The van der Waals surface area contributed by atoms with E-state index in [1.165, 1.54) is 11.3 Å². The monoisotopic (exact) mass is 283 g/mol. The van der Waals surface area contributed by atoms with Gasteiger partial charge in [-0.25, -0.2) is 9.50 Å². The van der Waals surface area contributed by atoms with Gasteiger partial charge in [0, 0.05) is 0 Å². The summed E-state index contributed by atoms with van der Waals surface area (Å²) in [7, 11) is 0. The number of nitrogens with zero attached hydrogens (tertiary/aromatic N) is 4. The molecule has 0 aliphatic rings. The first kappa shape index (κ1) is 12.3. The van der Waals surface area contributed by atoms with Crippen molar-refractivity contribution in [1.82, 2.24) is 14.6 Å². The number of hydrogen-bond acceptors (Lipinski definition) is 5. The Hall–Kier alpha value is -2.72. The highest BCUT2D eigenvalue weighted by Crippen LogP contribution is 2.17. The summed E-state index contributed by atoms with van der Waals surface area (Å²) >= 11 is 1.41. The molecule has 2 heterocycles. The van der Waals surface area contributed by atoms with Crippen LogP contribution in [0.25, 0.3) is 4.96 Å². The second kappa shape index (κ2) is 4.75. The second-order valence-electron chi connectivity index (χ2n) is 4.09. The van der Waals surface area contributed by atoms with Crippen molar-refractivity contribution in [3.63, 3.8) is 0 Å². The zero-order chi connectivity index (χ0) is 14.1. The fourth-order valence-electron chi connectivity index (χ4n) is 1.79. The molecule has 0 aliphatic carbocycles. The van der Waals surface area contributed by atoms with E-state index < -0.39 is 0 Å². The Balaban J connectivity index is 1.89. The van der Waals surface area contributed by atoms with Gasteiger partial charge in [0.25, 0.3) is 5.91 Å². The summed E-state index contributed by atoms with van der Waals surface area (Å²) in [5, 5.41) is 16.7. The molecular formula is C13H9N5OS. The van der Waals surface area contributed by atoms with Gasteiger partial charge in [0.1, 0.15) is 16.8 Å². The van der Waals surface area contributed by atoms with Crippen LogP contribution in [0.5, 0.6) is 0 Å². The average Bonchev–Trinajstić information content (AvgIpc) is 2.96. The second-order valence-corrected chi connectivity index (χ2v) is 5.25. The number of benzene rings is 1. The molecule has 0 radical (unpaired) electrons. The maximum atomic E-state index is 12.1. The van der Waals surface area contributed by atoms with Crippen LogP contribution in [-0.4, -0.2) is 20.5 Å². The van der Waals surface area contributed by atoms with Crippen LogP contribution in [0.4, 0.5) is 5.69 Å². The fraction of sp³-hybridized carbons (Fsp3) is 0.0769. The SMILES string of the molecule is Cc1nn2cc(C(=O)Nc3ccccc3C#N)nc2s1. The number of nitriles is 1. The van der Waals surface area contributed by atoms with Gasteiger partial charge in [-0.1, -0.05) is 23.5 Å². The minimum atomic E-state index is -0.358. The summed E-state index contributed by atoms with van der Waals surface area (Å²) in [6.07, 6.45) is 1.57. The standard InChI is InChI=1S/C13H9N5OS/c1-8-17-18-7-11(16-13(18)20-8)12(19)15-10-5-3-2-4-9(10)6-14/h2-5,7H,1H3,(H,15,19). The molecule has 6 nitrogen and oxygen atoms in total. The maximum Gasteiger partial charge on any atom is 0.276 e. The number of amides is 1. The Morgan fingerprint density at radius 3 is 3.00 bits per heavy atom. The molecule has 0 spiro atoms. The molecule has 0 unspecified atom stereocenters. The Kier molecular flexibility index (Phi) is 2.93. The summed E-state index contributed by atoms with van der Waals surface area (Å²) in [6.45, 7) is 1.88. The molecule has 1 amide bonds. The number of imidazole rings is 1. The van der Waals surface area contributed by atoms with E-state index in [0.29, 0.717) is 16.2 Å². The summed E-state index contributed by atoms with van der Waals surface area (Å²) in [5.41, 5.74) is 1.16. The average molecular weight is 283 g/mol. The predicted octanol–water partition coefficient (Wildman–Crippen LogP) is 2.22. The molecule has 0 saturated heterocycles. The zero-order valence-electron chi connectivity index (χ0n) is 10.5. The van der Waals surface area contributed by atoms with Crippen molar-refractivity contribution in [3.8, 4) is 6.07 Å². The van der Waals surface area contributed by atoms with Crippen molar-refractivity contribution in [3.05, 3.63) is 46.7 Å². The van der Waals surface area contributed by atoms with Crippen molar-refractivity contribution in [1.29, 1.82) is 5.26 Å². The van der Waals surface area contributed by atoms with Gasteiger partial charge in [0.2, 0.25) is 4.96 Å². The van der Waals surface area contributed by atoms with Crippen LogP contribution in [0.15, 0.2) is 30.5 Å². The van der Waals surface area contributed by atoms with E-state index in [1.807, 2.05) is 13.0 Å². The Morgan fingerprint density at radius 1 is 1.45 bits per heavy atom. The third-order valence-corrected chi connectivity index (χ3v) is 3.51. The predicted molar refractivity (Wildman–Crippen MR) is 74.7 cm³/mol. The van der Waals surface area contributed by atoms with E-state index in [4.69, 9.17) is 5.26 Å². The third kappa shape index (κ3) is 2.13. The van der Waals surface area contributed by atoms with Crippen LogP contribution < -0.4 is 5.32 Å². The summed E-state index contributed by atoms with van der Waals surface area (Å²) in [5.74, 6) is -0.358. The molecule has 1 aromatic carbocycles. The van der Waals surface area contributed by atoms with Crippen LogP contribution >= 0.6 is 11.3 Å². The number of para-hydroxylation sites is 1. The summed E-state index contributed by atoms with van der Waals surface area (Å²) in [4.78, 5) is 17.0. The Labute approximate surface area is 118 Å². The van der Waals surface area contributed by atoms with Crippen LogP contribution in [0.2, 0.25) is 0 Å². The van der Waals surface area contributed by atoms with Gasteiger partial charge in [-0.2, -0.15) is 10.4 Å². The van der Waals surface area contributed by atoms with Crippen LogP contribution in [-0.2, 0) is 0 Å². The molecule has 0 saturated carbocycles. The molecule has 0 fully saturated rings. The first-order valence-electron chi connectivity index (χ1n) is 5.80. The van der Waals surface area contributed by atoms with E-state index in [-0.39, 0.29) is 11.6 Å². The van der Waals surface area contributed by atoms with Gasteiger partial charge >= 0.3 is 0 Å². The quantitative estimate of drug-likeness (QED) is 0.781. The Bertz CT molecular complexity index is 810. The normalized spacial score (nSPS) is 10.4. The molecule has 2 aromatic heterocycles. The van der Waals surface area contributed by atoms with Gasteiger partial charge in [-0.05, 0) is 19.1 Å². The van der Waals surface area contributed by atoms with Crippen LogP contribution in [0.3, 0.4) is 0 Å². The number of anilines is 1. The first-order chi connectivity index (χ1) is 9.67. The first-order valence-corrected chi connectivity index (χ1v) is 6.62. The highest BCUT2D eigenvalue weighted by Gasteiger charge is 2.14. The lowest BCUT2D eigenvalue weighted by molar-refractivity contribution is 0.102. The van der Waals surface area contributed by atoms with Crippen molar-refractivity contribution in [2.45, 2.75) is 6.92 Å². The summed E-state index contributed by atoms with van der Waals surface area (Å²) < 4.78 is 1.57. The lowest BCUT2D eigenvalue weighted by Gasteiger charge is -2.04. The largest absolute Gasteiger partial charge is 0.319 e. The zero-order valence-corrected chi connectivity index (χ0v) is 11.3. The van der Waals surface area contributed by atoms with Crippen molar-refractivity contribution >= 4 is 27.9 Å². The van der Waals surface area contributed by atoms with Gasteiger partial charge in [-0.3, -0.25) is 4.79 Å². The van der Waals surface area contributed by atoms with Crippen LogP contribution in [0, 0.1) is 18.3 Å². The minimum absolute atomic E-state index is 0.275. The van der Waals surface area contributed by atoms with Gasteiger partial charge < -0.3 is 5.32 Å². The van der Waals surface area contributed by atoms with Crippen LogP contribution in [0.1, 0.15) is 21.1 Å². The lowest BCUT2D eigenvalue weighted by Crippen LogP contribution is -2.13. The molecule has 7 heteroatoms. The van der Waals surface area contributed by atoms with E-state index in [1.54, 1.807) is 35.0 Å². The fourth-order valence-corrected chi connectivity index (χ4v) is 2.51. The highest BCUT2D eigenvalue weighted by atomic mass is 32.1. The number of nitrogens with one attached hydrogen (secondary N) is 1. The minimum Gasteiger partial charge on any atom is -0.319 e. The maximum absolute atomic E-state index is 12.1. The number of rotatable bonds is 2. The molecule has 0 atom stereocenters. The molecule has 20 heavy (non-hydrogen) atoms. The van der Waals surface area contributed by atoms with Crippen molar-refractivity contribution < 1.29 is 4.79 Å². The molecule has 3 rings (SSSR count). The molecule has 0 bridgehead atoms. The van der Waals surface area contributed by atoms with E-state index in [0.717, 1.165) is 5.01 Å². The number of carbonyl (C=O) groups excluding carboxylic acids is 1. The smallest absolute Gasteiger partial charge is 0.276 e. The molecule has 98 valence electrons. The number of aromatic nitrogens is 3. The molecule has 0 aliphatic heterocycles. The number of hydrogen-bond donors (Lipinski definition) is 1. The topological polar surface area (TPSA) is 83.1 Å². The van der Waals surface area contributed by atoms with Gasteiger partial charge in [0.15, 0.2) is 0 Å². The van der Waals surface area contributed by atoms with E-state index in [9.17, 15) is 4.79 Å². The molecule has 1 N–H and O–H groups in total. The lowest BCUT2D eigenvalue weighted by atomic mass is 10.2. The summed E-state index contributed by atoms with van der Waals surface area (Å²) in [6, 6.07) is 8.85. The van der Waals surface area contributed by atoms with Gasteiger partial charge in [0.05, 0.1) is 17.4 Å². The van der Waals surface area contributed by atoms with E-state index >= 15 is 0 Å². The van der Waals surface area contributed by atoms with Gasteiger partial charge in [-0.15, -0.1) is 0 Å². The Morgan fingerprint density at radius 2 is 2.25 bits per heavy atom. The number of fused-ring (bicyclic) bond motifs is 1. The van der Waals surface area contributed by atoms with E-state index in [2.05, 4.69) is 15.4 Å². The van der Waals surface area contributed by atoms with Crippen molar-refractivity contribution in [2.24, 2.45) is 0 Å². The van der Waals surface area contributed by atoms with Crippen molar-refractivity contribution in [2.75, 3.05) is 5.32 Å². The third-order valence-electron chi connectivity index (χ3n) is 2.67.